The molecule has 6 rings (SSSR count). The smallest absolute Gasteiger partial charge is 0.228 e. The van der Waals surface area contributed by atoms with Gasteiger partial charge < -0.3 is 9.15 Å². The normalized spacial score (nSPS) is 18.3. The van der Waals surface area contributed by atoms with Crippen molar-refractivity contribution in [3.63, 3.8) is 0 Å². The van der Waals surface area contributed by atoms with Gasteiger partial charge in [0.2, 0.25) is 5.88 Å². The molecule has 148 valence electrons. The Kier molecular flexibility index (Phi) is 3.79. The zero-order chi connectivity index (χ0) is 20.2. The molecule has 1 atom stereocenters. The lowest BCUT2D eigenvalue weighted by atomic mass is 9.80. The van der Waals surface area contributed by atoms with Crippen LogP contribution in [0, 0.1) is 0 Å². The second-order valence-electron chi connectivity index (χ2n) is 7.31. The van der Waals surface area contributed by atoms with E-state index >= 15 is 0 Å². The number of ketones is 1. The summed E-state index contributed by atoms with van der Waals surface area (Å²) in [5.41, 5.74) is 2.57. The SMILES string of the molecule is O=C1CCCC2=C1[C@H](c1ccco1)c1c(ncn3nc(-c4ccccc4Cl)nc13)O2. The standard InChI is InChI=1S/C22H15ClN4O3/c23-13-6-2-1-5-12(13)20-25-21-19-18(15-9-4-10-29-15)17-14(28)7-3-8-16(17)30-22(19)24-11-27(21)26-20/h1-2,4-6,9-11,18H,3,7-8H2/t18-/m0/s1. The summed E-state index contributed by atoms with van der Waals surface area (Å²) in [7, 11) is 0. The number of ether oxygens (including phenoxy) is 1. The molecule has 0 unspecified atom stereocenters. The van der Waals surface area contributed by atoms with E-state index in [1.54, 1.807) is 23.2 Å². The quantitative estimate of drug-likeness (QED) is 0.474. The van der Waals surface area contributed by atoms with Gasteiger partial charge in [0.05, 0.1) is 22.8 Å². The van der Waals surface area contributed by atoms with Gasteiger partial charge in [-0.05, 0) is 30.7 Å². The van der Waals surface area contributed by atoms with E-state index in [2.05, 4.69) is 10.1 Å². The van der Waals surface area contributed by atoms with E-state index < -0.39 is 5.92 Å². The molecule has 0 bridgehead atoms. The number of rotatable bonds is 2. The van der Waals surface area contributed by atoms with Gasteiger partial charge in [0.15, 0.2) is 17.3 Å². The van der Waals surface area contributed by atoms with Gasteiger partial charge in [-0.2, -0.15) is 0 Å². The number of benzene rings is 1. The van der Waals surface area contributed by atoms with Crippen molar-refractivity contribution in [2.75, 3.05) is 0 Å². The minimum atomic E-state index is -0.439. The largest absolute Gasteiger partial charge is 0.468 e. The maximum Gasteiger partial charge on any atom is 0.228 e. The number of furan rings is 1. The van der Waals surface area contributed by atoms with Gasteiger partial charge in [0, 0.05) is 24.0 Å². The molecular weight excluding hydrogens is 404 g/mol. The average Bonchev–Trinajstić information content (AvgIpc) is 3.42. The monoisotopic (exact) mass is 418 g/mol. The summed E-state index contributed by atoms with van der Waals surface area (Å²) in [4.78, 5) is 22.1. The Hall–Kier alpha value is -3.45. The Morgan fingerprint density at radius 3 is 2.87 bits per heavy atom. The molecule has 2 aliphatic rings. The van der Waals surface area contributed by atoms with Crippen LogP contribution in [0.5, 0.6) is 5.88 Å². The van der Waals surface area contributed by atoms with E-state index in [1.165, 1.54) is 0 Å². The van der Waals surface area contributed by atoms with Crippen LogP contribution in [-0.4, -0.2) is 25.4 Å². The van der Waals surface area contributed by atoms with Crippen molar-refractivity contribution in [2.24, 2.45) is 0 Å². The molecule has 3 aromatic heterocycles. The summed E-state index contributed by atoms with van der Waals surface area (Å²) in [5, 5.41) is 5.12. The third kappa shape index (κ3) is 2.52. The van der Waals surface area contributed by atoms with Crippen LogP contribution in [0.4, 0.5) is 0 Å². The van der Waals surface area contributed by atoms with Crippen molar-refractivity contribution in [1.29, 1.82) is 0 Å². The highest BCUT2D eigenvalue weighted by Crippen LogP contribution is 2.47. The number of hydrogen-bond donors (Lipinski definition) is 0. The van der Waals surface area contributed by atoms with Gasteiger partial charge in [-0.1, -0.05) is 23.7 Å². The number of carbonyl (C=O) groups is 1. The summed E-state index contributed by atoms with van der Waals surface area (Å²) < 4.78 is 13.4. The summed E-state index contributed by atoms with van der Waals surface area (Å²) in [6.45, 7) is 0. The number of carbonyl (C=O) groups excluding carboxylic acids is 1. The first kappa shape index (κ1) is 17.4. The summed E-state index contributed by atoms with van der Waals surface area (Å²) in [5.74, 6) is 1.85. The molecule has 4 heterocycles. The van der Waals surface area contributed by atoms with Crippen LogP contribution in [0.2, 0.25) is 5.02 Å². The second-order valence-corrected chi connectivity index (χ2v) is 7.72. The maximum atomic E-state index is 12.9. The second kappa shape index (κ2) is 6.53. The highest BCUT2D eigenvalue weighted by Gasteiger charge is 2.41. The van der Waals surface area contributed by atoms with Gasteiger partial charge in [0.1, 0.15) is 17.8 Å². The predicted octanol–water partition coefficient (Wildman–Crippen LogP) is 4.57. The van der Waals surface area contributed by atoms with Crippen LogP contribution in [0.3, 0.4) is 0 Å². The van der Waals surface area contributed by atoms with Crippen molar-refractivity contribution in [1.82, 2.24) is 19.6 Å². The lowest BCUT2D eigenvalue weighted by molar-refractivity contribution is -0.116. The van der Waals surface area contributed by atoms with Crippen LogP contribution in [0.15, 0.2) is 64.7 Å². The summed E-state index contributed by atoms with van der Waals surface area (Å²) in [6, 6.07) is 11.1. The third-order valence-corrected chi connectivity index (χ3v) is 5.86. The van der Waals surface area contributed by atoms with E-state index in [0.717, 1.165) is 12.0 Å². The van der Waals surface area contributed by atoms with Gasteiger partial charge in [-0.15, -0.1) is 5.10 Å². The van der Waals surface area contributed by atoms with E-state index in [1.807, 2.05) is 30.3 Å². The number of Topliss-reactive ketones (excluding diaryl/α,β-unsaturated/α-hetero) is 1. The first-order valence-corrected chi connectivity index (χ1v) is 10.1. The molecule has 30 heavy (non-hydrogen) atoms. The lowest BCUT2D eigenvalue weighted by Gasteiger charge is -2.30. The molecule has 0 N–H and O–H groups in total. The highest BCUT2D eigenvalue weighted by molar-refractivity contribution is 6.33. The van der Waals surface area contributed by atoms with Crippen LogP contribution in [0.25, 0.3) is 17.0 Å². The van der Waals surface area contributed by atoms with Gasteiger partial charge in [-0.25, -0.2) is 14.5 Å². The molecule has 0 saturated heterocycles. The fourth-order valence-corrected chi connectivity index (χ4v) is 4.43. The number of allylic oxidation sites excluding steroid dienone is 2. The number of fused-ring (bicyclic) bond motifs is 3. The minimum Gasteiger partial charge on any atom is -0.468 e. The average molecular weight is 419 g/mol. The van der Waals surface area contributed by atoms with Crippen molar-refractivity contribution in [3.05, 3.63) is 76.7 Å². The van der Waals surface area contributed by atoms with E-state index in [-0.39, 0.29) is 5.78 Å². The molecule has 7 nitrogen and oxygen atoms in total. The topological polar surface area (TPSA) is 82.5 Å². The van der Waals surface area contributed by atoms with Gasteiger partial charge >= 0.3 is 0 Å². The van der Waals surface area contributed by atoms with Gasteiger partial charge in [-0.3, -0.25) is 4.79 Å². The van der Waals surface area contributed by atoms with Crippen molar-refractivity contribution < 1.29 is 13.9 Å². The van der Waals surface area contributed by atoms with Crippen LogP contribution in [0.1, 0.15) is 36.5 Å². The molecular formula is C22H15ClN4O3. The van der Waals surface area contributed by atoms with Gasteiger partial charge in [0.25, 0.3) is 0 Å². The molecule has 0 saturated carbocycles. The fraction of sp³-hybridized carbons (Fsp3) is 0.182. The van der Waals surface area contributed by atoms with E-state index in [9.17, 15) is 4.79 Å². The molecule has 8 heteroatoms. The molecule has 0 amide bonds. The van der Waals surface area contributed by atoms with Crippen LogP contribution < -0.4 is 4.74 Å². The molecule has 4 aromatic rings. The summed E-state index contributed by atoms with van der Waals surface area (Å²) >= 11 is 6.35. The Bertz CT molecular complexity index is 1340. The predicted molar refractivity (Wildman–Crippen MR) is 108 cm³/mol. The fourth-order valence-electron chi connectivity index (χ4n) is 4.21. The van der Waals surface area contributed by atoms with Crippen LogP contribution >= 0.6 is 11.6 Å². The number of hydrogen-bond acceptors (Lipinski definition) is 6. The van der Waals surface area contributed by atoms with Crippen molar-refractivity contribution in [2.45, 2.75) is 25.2 Å². The highest BCUT2D eigenvalue weighted by atomic mass is 35.5. The molecule has 1 aromatic carbocycles. The molecule has 0 fully saturated rings. The maximum absolute atomic E-state index is 12.9. The minimum absolute atomic E-state index is 0.0659. The number of aromatic nitrogens is 4. The zero-order valence-corrected chi connectivity index (χ0v) is 16.5. The number of nitrogens with zero attached hydrogens (tertiary/aromatic N) is 4. The summed E-state index contributed by atoms with van der Waals surface area (Å²) in [6.07, 6.45) is 5.12. The van der Waals surface area contributed by atoms with Crippen LogP contribution in [-0.2, 0) is 4.79 Å². The van der Waals surface area contributed by atoms with E-state index in [4.69, 9.17) is 25.7 Å². The first-order chi connectivity index (χ1) is 14.7. The van der Waals surface area contributed by atoms with E-state index in [0.29, 0.717) is 57.9 Å². The van der Waals surface area contributed by atoms with Crippen molar-refractivity contribution in [3.8, 4) is 17.3 Å². The zero-order valence-electron chi connectivity index (χ0n) is 15.7. The Morgan fingerprint density at radius 2 is 2.03 bits per heavy atom. The molecule has 0 spiro atoms. The third-order valence-electron chi connectivity index (χ3n) is 5.54. The molecule has 0 radical (unpaired) electrons. The van der Waals surface area contributed by atoms with Crippen molar-refractivity contribution >= 4 is 23.0 Å². The molecule has 1 aliphatic carbocycles. The Morgan fingerprint density at radius 1 is 1.13 bits per heavy atom. The number of halogens is 1. The first-order valence-electron chi connectivity index (χ1n) is 9.68. The molecule has 1 aliphatic heterocycles. The lowest BCUT2D eigenvalue weighted by Crippen LogP contribution is -2.26. The Balaban J connectivity index is 1.62. The Labute approximate surface area is 176 Å².